The highest BCUT2D eigenvalue weighted by Crippen LogP contribution is 2.38. The van der Waals surface area contributed by atoms with Crippen LogP contribution >= 0.6 is 0 Å². The average molecular weight is 528 g/mol. The molecule has 0 bridgehead atoms. The summed E-state index contributed by atoms with van der Waals surface area (Å²) < 4.78 is 44.1. The van der Waals surface area contributed by atoms with Gasteiger partial charge in [-0.3, -0.25) is 14.3 Å². The summed E-state index contributed by atoms with van der Waals surface area (Å²) in [6.07, 6.45) is -1.54. The van der Waals surface area contributed by atoms with Crippen molar-refractivity contribution < 1.29 is 13.2 Å². The lowest BCUT2D eigenvalue weighted by Crippen LogP contribution is -2.44. The number of nitriles is 1. The van der Waals surface area contributed by atoms with Gasteiger partial charge in [-0.15, -0.1) is 0 Å². The molecule has 11 heteroatoms. The van der Waals surface area contributed by atoms with Crippen LogP contribution in [0.15, 0.2) is 71.8 Å². The van der Waals surface area contributed by atoms with Gasteiger partial charge in [0.25, 0.3) is 5.56 Å². The van der Waals surface area contributed by atoms with E-state index < -0.39 is 17.3 Å². The van der Waals surface area contributed by atoms with Crippen LogP contribution < -0.4 is 15.8 Å². The Bertz CT molecular complexity index is 1820. The Hall–Kier alpha value is -4.82. The Balaban J connectivity index is 1.58. The van der Waals surface area contributed by atoms with Gasteiger partial charge in [0.05, 0.1) is 28.0 Å². The molecule has 0 atom stereocenters. The minimum Gasteiger partial charge on any atom is -0.368 e. The van der Waals surface area contributed by atoms with E-state index in [4.69, 9.17) is 10.2 Å². The number of hydrogen-bond donors (Lipinski definition) is 1. The molecular weight excluding hydrogens is 507 g/mol. The van der Waals surface area contributed by atoms with Gasteiger partial charge in [-0.2, -0.15) is 18.4 Å². The number of alkyl halides is 3. The topological polar surface area (TPSA) is 99.7 Å². The molecule has 0 unspecified atom stereocenters. The third kappa shape index (κ3) is 4.45. The van der Waals surface area contributed by atoms with Gasteiger partial charge in [-0.25, -0.2) is 9.97 Å². The lowest BCUT2D eigenvalue weighted by molar-refractivity contribution is -0.137. The summed E-state index contributed by atoms with van der Waals surface area (Å²) in [5, 5.41) is 12.7. The summed E-state index contributed by atoms with van der Waals surface area (Å²) in [6.45, 7) is 2.07. The van der Waals surface area contributed by atoms with Gasteiger partial charge in [0.2, 0.25) is 0 Å². The SMILES string of the molecule is N#Cc1ccc(-c2ccc3ncc4ccc(=O)n(-c5ccc(N6CCNCC6)c(C(F)(F)F)c5)c4c3n2)cn1. The molecule has 0 spiro atoms. The van der Waals surface area contributed by atoms with Gasteiger partial charge >= 0.3 is 6.18 Å². The normalized spacial score (nSPS) is 14.1. The van der Waals surface area contributed by atoms with E-state index in [1.807, 2.05) is 6.07 Å². The van der Waals surface area contributed by atoms with Crippen LogP contribution in [0.2, 0.25) is 0 Å². The minimum absolute atomic E-state index is 0.0801. The van der Waals surface area contributed by atoms with Crippen molar-refractivity contribution in [3.8, 4) is 23.0 Å². The number of piperazine rings is 1. The maximum Gasteiger partial charge on any atom is 0.418 e. The number of aromatic nitrogens is 4. The molecule has 0 radical (unpaired) electrons. The highest BCUT2D eigenvalue weighted by molar-refractivity contribution is 6.02. The van der Waals surface area contributed by atoms with Crippen molar-refractivity contribution in [3.63, 3.8) is 0 Å². The third-order valence-corrected chi connectivity index (χ3v) is 6.74. The molecule has 0 amide bonds. The smallest absolute Gasteiger partial charge is 0.368 e. The quantitative estimate of drug-likeness (QED) is 0.350. The van der Waals surface area contributed by atoms with E-state index in [0.717, 1.165) is 6.07 Å². The van der Waals surface area contributed by atoms with Crippen LogP contribution in [0, 0.1) is 11.3 Å². The molecule has 1 fully saturated rings. The lowest BCUT2D eigenvalue weighted by atomic mass is 10.1. The molecular formula is C28H20F3N7O. The van der Waals surface area contributed by atoms with Crippen molar-refractivity contribution in [2.75, 3.05) is 31.1 Å². The minimum atomic E-state index is -4.62. The maximum absolute atomic E-state index is 14.3. The first kappa shape index (κ1) is 24.5. The fraction of sp³-hybridized carbons (Fsp3) is 0.179. The van der Waals surface area contributed by atoms with E-state index in [9.17, 15) is 18.0 Å². The second kappa shape index (κ2) is 9.49. The molecule has 1 N–H and O–H groups in total. The summed E-state index contributed by atoms with van der Waals surface area (Å²) in [6, 6.07) is 15.6. The lowest BCUT2D eigenvalue weighted by Gasteiger charge is -2.31. The summed E-state index contributed by atoms with van der Waals surface area (Å²) in [7, 11) is 0. The number of nitrogens with zero attached hydrogens (tertiary/aromatic N) is 6. The van der Waals surface area contributed by atoms with Crippen molar-refractivity contribution in [3.05, 3.63) is 88.6 Å². The molecule has 0 saturated carbocycles. The number of fused-ring (bicyclic) bond motifs is 3. The first-order valence-corrected chi connectivity index (χ1v) is 12.2. The van der Waals surface area contributed by atoms with Crippen molar-refractivity contribution in [1.82, 2.24) is 24.8 Å². The summed E-state index contributed by atoms with van der Waals surface area (Å²) in [4.78, 5) is 28.2. The third-order valence-electron chi connectivity index (χ3n) is 6.74. The molecule has 0 aliphatic carbocycles. The van der Waals surface area contributed by atoms with E-state index in [0.29, 0.717) is 59.4 Å². The highest BCUT2D eigenvalue weighted by Gasteiger charge is 2.36. The van der Waals surface area contributed by atoms with Crippen LogP contribution in [-0.2, 0) is 6.18 Å². The predicted octanol–water partition coefficient (Wildman–Crippen LogP) is 4.30. The Morgan fingerprint density at radius 3 is 2.49 bits per heavy atom. The fourth-order valence-corrected chi connectivity index (χ4v) is 4.87. The van der Waals surface area contributed by atoms with Crippen LogP contribution in [0.1, 0.15) is 11.3 Å². The molecule has 1 aromatic carbocycles. The van der Waals surface area contributed by atoms with Gasteiger partial charge < -0.3 is 10.2 Å². The monoisotopic (exact) mass is 527 g/mol. The first-order chi connectivity index (χ1) is 18.8. The molecule has 6 rings (SSSR count). The number of hydrogen-bond acceptors (Lipinski definition) is 7. The van der Waals surface area contributed by atoms with Gasteiger partial charge in [-0.1, -0.05) is 0 Å². The van der Waals surface area contributed by atoms with Crippen molar-refractivity contribution in [2.45, 2.75) is 6.18 Å². The zero-order valence-corrected chi connectivity index (χ0v) is 20.4. The second-order valence-electron chi connectivity index (χ2n) is 9.11. The Morgan fingerprint density at radius 1 is 0.949 bits per heavy atom. The number of anilines is 1. The Labute approximate surface area is 220 Å². The van der Waals surface area contributed by atoms with Crippen molar-refractivity contribution in [2.24, 2.45) is 0 Å². The van der Waals surface area contributed by atoms with Gasteiger partial charge in [0.1, 0.15) is 17.3 Å². The van der Waals surface area contributed by atoms with Gasteiger partial charge in [-0.05, 0) is 48.5 Å². The van der Waals surface area contributed by atoms with E-state index in [2.05, 4.69) is 15.3 Å². The summed E-state index contributed by atoms with van der Waals surface area (Å²) in [5.74, 6) is 0. The van der Waals surface area contributed by atoms with E-state index in [-0.39, 0.29) is 17.1 Å². The molecule has 194 valence electrons. The summed E-state index contributed by atoms with van der Waals surface area (Å²) in [5.41, 5.74) is 1.44. The van der Waals surface area contributed by atoms with Crippen LogP contribution in [-0.4, -0.2) is 45.7 Å². The molecule has 1 aliphatic rings. The zero-order valence-electron chi connectivity index (χ0n) is 20.4. The molecule has 4 aromatic heterocycles. The number of halogens is 3. The summed E-state index contributed by atoms with van der Waals surface area (Å²) >= 11 is 0. The van der Waals surface area contributed by atoms with Crippen molar-refractivity contribution >= 4 is 27.6 Å². The largest absolute Gasteiger partial charge is 0.418 e. The van der Waals surface area contributed by atoms with E-state index in [1.165, 1.54) is 29.0 Å². The van der Waals surface area contributed by atoms with Crippen LogP contribution in [0.25, 0.3) is 38.9 Å². The van der Waals surface area contributed by atoms with E-state index in [1.54, 1.807) is 41.4 Å². The second-order valence-corrected chi connectivity index (χ2v) is 9.11. The number of rotatable bonds is 3. The fourth-order valence-electron chi connectivity index (χ4n) is 4.87. The number of nitrogens with one attached hydrogen (secondary N) is 1. The maximum atomic E-state index is 14.3. The van der Waals surface area contributed by atoms with Crippen molar-refractivity contribution in [1.29, 1.82) is 5.26 Å². The molecule has 39 heavy (non-hydrogen) atoms. The van der Waals surface area contributed by atoms with Crippen LogP contribution in [0.5, 0.6) is 0 Å². The zero-order chi connectivity index (χ0) is 27.1. The highest BCUT2D eigenvalue weighted by atomic mass is 19.4. The number of benzene rings is 1. The predicted molar refractivity (Wildman–Crippen MR) is 141 cm³/mol. The van der Waals surface area contributed by atoms with Crippen LogP contribution in [0.4, 0.5) is 18.9 Å². The standard InChI is InChI=1S/C28H20F3N7O/c29-28(30,31)21-13-20(4-7-24(21)37-11-9-33-10-12-37)38-25(39)8-2-18-16-35-23-6-5-22(36-26(23)27(18)38)17-1-3-19(14-32)34-15-17/h1-8,13,15-16,33H,9-12H2. The molecule has 1 aliphatic heterocycles. The van der Waals surface area contributed by atoms with Gasteiger partial charge in [0, 0.05) is 61.3 Å². The molecule has 5 heterocycles. The Kier molecular flexibility index (Phi) is 5.96. The molecule has 1 saturated heterocycles. The number of pyridine rings is 4. The molecule has 8 nitrogen and oxygen atoms in total. The first-order valence-electron chi connectivity index (χ1n) is 12.2. The average Bonchev–Trinajstić information content (AvgIpc) is 2.96. The van der Waals surface area contributed by atoms with Gasteiger partial charge in [0.15, 0.2) is 0 Å². The molecule has 5 aromatic rings. The Morgan fingerprint density at radius 2 is 1.77 bits per heavy atom. The van der Waals surface area contributed by atoms with Crippen LogP contribution in [0.3, 0.4) is 0 Å². The van der Waals surface area contributed by atoms with E-state index >= 15 is 0 Å².